The van der Waals surface area contributed by atoms with Crippen molar-refractivity contribution in [2.45, 2.75) is 6.42 Å². The van der Waals surface area contributed by atoms with Crippen molar-refractivity contribution in [2.24, 2.45) is 0 Å². The van der Waals surface area contributed by atoms with E-state index in [0.717, 1.165) is 16.0 Å². The Hall–Kier alpha value is 0.537. The Labute approximate surface area is 57.6 Å². The molecule has 0 N–H and O–H groups in total. The summed E-state index contributed by atoms with van der Waals surface area (Å²) in [5, 5.41) is 0. The van der Waals surface area contributed by atoms with Crippen LogP contribution in [0, 0.1) is 0 Å². The molecule has 44 valence electrons. The van der Waals surface area contributed by atoms with Gasteiger partial charge in [-0.1, -0.05) is 6.08 Å². The van der Waals surface area contributed by atoms with Crippen LogP contribution in [0.3, 0.4) is 0 Å². The molecule has 0 nitrogen and oxygen atoms in total. The molecular formula is C4H10Cl2Si. The molecular weight excluding hydrogens is 147 g/mol. The van der Waals surface area contributed by atoms with Crippen molar-refractivity contribution in [1.29, 1.82) is 0 Å². The second-order valence-corrected chi connectivity index (χ2v) is 1.14. The van der Waals surface area contributed by atoms with Gasteiger partial charge in [-0.25, -0.2) is 0 Å². The van der Waals surface area contributed by atoms with E-state index < -0.39 is 0 Å². The molecule has 0 aromatic carbocycles. The van der Waals surface area contributed by atoms with Crippen LogP contribution in [0.4, 0.5) is 0 Å². The predicted octanol–water partition coefficient (Wildman–Crippen LogP) is 1.31. The van der Waals surface area contributed by atoms with Crippen molar-refractivity contribution in [3.63, 3.8) is 0 Å². The summed E-state index contributed by atoms with van der Waals surface area (Å²) in [5.41, 5.74) is 0. The largest absolute Gasteiger partial charge is 0.181 e. The Kier molecular flexibility index (Phi) is 24.0. The summed E-state index contributed by atoms with van der Waals surface area (Å²) in [6, 6.07) is 0. The van der Waals surface area contributed by atoms with Gasteiger partial charge in [-0.2, -0.15) is 11.1 Å². The Morgan fingerprint density at radius 1 is 1.57 bits per heavy atom. The van der Waals surface area contributed by atoms with Gasteiger partial charge in [0.15, 0.2) is 0 Å². The molecule has 0 atom stereocenters. The number of hydrogen-bond acceptors (Lipinski definition) is 0. The van der Waals surface area contributed by atoms with E-state index in [1.165, 1.54) is 0 Å². The Bertz CT molecular complexity index is 30.9. The SMILES string of the molecule is C=CCCCl.[SiH3]Cl. The van der Waals surface area contributed by atoms with E-state index in [-0.39, 0.29) is 0 Å². The first-order chi connectivity index (χ1) is 3.41. The van der Waals surface area contributed by atoms with E-state index in [0.29, 0.717) is 5.88 Å². The molecule has 0 amide bonds. The maximum atomic E-state index is 5.23. The smallest absolute Gasteiger partial charge is 0.109 e. The predicted molar refractivity (Wildman–Crippen MR) is 41.3 cm³/mol. The molecule has 0 radical (unpaired) electrons. The van der Waals surface area contributed by atoms with Crippen LogP contribution in [0.1, 0.15) is 6.42 Å². The molecule has 0 saturated carbocycles. The van der Waals surface area contributed by atoms with E-state index in [1.54, 1.807) is 6.08 Å². The van der Waals surface area contributed by atoms with Gasteiger partial charge in [-0.3, -0.25) is 0 Å². The molecule has 0 bridgehead atoms. The second kappa shape index (κ2) is 16.0. The van der Waals surface area contributed by atoms with Crippen molar-refractivity contribution >= 4 is 32.2 Å². The van der Waals surface area contributed by atoms with Crippen LogP contribution in [-0.4, -0.2) is 15.4 Å². The van der Waals surface area contributed by atoms with E-state index in [9.17, 15) is 0 Å². The highest BCUT2D eigenvalue weighted by molar-refractivity contribution is 6.80. The van der Waals surface area contributed by atoms with Gasteiger partial charge in [0.2, 0.25) is 0 Å². The zero-order valence-corrected chi connectivity index (χ0v) is 7.97. The molecule has 0 aliphatic heterocycles. The summed E-state index contributed by atoms with van der Waals surface area (Å²) >= 11 is 10.0. The minimum Gasteiger partial charge on any atom is -0.181 e. The molecule has 0 spiro atoms. The molecule has 0 aliphatic carbocycles. The summed E-state index contributed by atoms with van der Waals surface area (Å²) < 4.78 is 0. The highest BCUT2D eigenvalue weighted by atomic mass is 35.6. The molecule has 0 aromatic heterocycles. The maximum Gasteiger partial charge on any atom is 0.109 e. The highest BCUT2D eigenvalue weighted by Gasteiger charge is 1.64. The normalized spacial score (nSPS) is 6.57. The quantitative estimate of drug-likeness (QED) is 0.245. The molecule has 0 heterocycles. The lowest BCUT2D eigenvalue weighted by Crippen LogP contribution is -1.59. The fourth-order valence-corrected chi connectivity index (χ4v) is 0.231. The van der Waals surface area contributed by atoms with Crippen LogP contribution in [0.5, 0.6) is 0 Å². The van der Waals surface area contributed by atoms with E-state index in [1.807, 2.05) is 0 Å². The molecule has 7 heavy (non-hydrogen) atoms. The van der Waals surface area contributed by atoms with Crippen LogP contribution >= 0.6 is 22.7 Å². The van der Waals surface area contributed by atoms with E-state index >= 15 is 0 Å². The van der Waals surface area contributed by atoms with E-state index in [4.69, 9.17) is 22.7 Å². The van der Waals surface area contributed by atoms with Crippen molar-refractivity contribution in [3.05, 3.63) is 12.7 Å². The van der Waals surface area contributed by atoms with E-state index in [2.05, 4.69) is 6.58 Å². The van der Waals surface area contributed by atoms with Crippen LogP contribution in [0.25, 0.3) is 0 Å². The number of alkyl halides is 1. The van der Waals surface area contributed by atoms with Crippen LogP contribution in [0.2, 0.25) is 0 Å². The van der Waals surface area contributed by atoms with Gasteiger partial charge in [0.25, 0.3) is 0 Å². The van der Waals surface area contributed by atoms with Gasteiger partial charge in [0.05, 0.1) is 0 Å². The first-order valence-corrected chi connectivity index (χ1v) is 5.52. The molecule has 0 unspecified atom stereocenters. The van der Waals surface area contributed by atoms with Gasteiger partial charge in [-0.15, -0.1) is 18.2 Å². The average molecular weight is 157 g/mol. The van der Waals surface area contributed by atoms with Crippen LogP contribution < -0.4 is 0 Å². The van der Waals surface area contributed by atoms with Gasteiger partial charge < -0.3 is 0 Å². The summed E-state index contributed by atoms with van der Waals surface area (Å²) in [7, 11) is 0.778. The lowest BCUT2D eigenvalue weighted by atomic mass is 10.5. The third kappa shape index (κ3) is 20.9. The third-order valence-electron chi connectivity index (χ3n) is 0.313. The highest BCUT2D eigenvalue weighted by Crippen LogP contribution is 1.80. The topological polar surface area (TPSA) is 0 Å². The maximum absolute atomic E-state index is 5.23. The summed E-state index contributed by atoms with van der Waals surface area (Å²) in [6.45, 7) is 3.47. The molecule has 0 aliphatic rings. The Morgan fingerprint density at radius 3 is 2.00 bits per heavy atom. The fourth-order valence-electron chi connectivity index (χ4n) is 0.0772. The van der Waals surface area contributed by atoms with Gasteiger partial charge in [0.1, 0.15) is 9.55 Å². The minimum atomic E-state index is 0.698. The number of rotatable bonds is 2. The van der Waals surface area contributed by atoms with Gasteiger partial charge >= 0.3 is 0 Å². The van der Waals surface area contributed by atoms with Crippen molar-refractivity contribution in [3.8, 4) is 0 Å². The number of allylic oxidation sites excluding steroid dienone is 1. The molecule has 0 aromatic rings. The molecule has 0 saturated heterocycles. The first-order valence-electron chi connectivity index (χ1n) is 1.96. The van der Waals surface area contributed by atoms with Crippen molar-refractivity contribution in [1.82, 2.24) is 0 Å². The lowest BCUT2D eigenvalue weighted by Gasteiger charge is -1.70. The third-order valence-corrected chi connectivity index (χ3v) is 0.531. The Balaban J connectivity index is 0. The van der Waals surface area contributed by atoms with Gasteiger partial charge in [-0.05, 0) is 6.42 Å². The summed E-state index contributed by atoms with van der Waals surface area (Å²) in [6.07, 6.45) is 2.72. The zero-order chi connectivity index (χ0) is 6.12. The molecule has 0 rings (SSSR count). The monoisotopic (exact) mass is 156 g/mol. The average Bonchev–Trinajstić information content (AvgIpc) is 1.75. The molecule has 3 heteroatoms. The van der Waals surface area contributed by atoms with Crippen molar-refractivity contribution in [2.75, 3.05) is 5.88 Å². The summed E-state index contributed by atoms with van der Waals surface area (Å²) in [5.74, 6) is 0.698. The fraction of sp³-hybridized carbons (Fsp3) is 0.500. The second-order valence-electron chi connectivity index (χ2n) is 0.766. The van der Waals surface area contributed by atoms with Crippen molar-refractivity contribution < 1.29 is 0 Å². The Morgan fingerprint density at radius 2 is 2.00 bits per heavy atom. The summed E-state index contributed by atoms with van der Waals surface area (Å²) in [4.78, 5) is 0. The van der Waals surface area contributed by atoms with Gasteiger partial charge in [0, 0.05) is 5.88 Å². The number of hydrogen-bond donors (Lipinski definition) is 0. The minimum absolute atomic E-state index is 0.698. The molecule has 0 fully saturated rings. The standard InChI is InChI=1S/C4H7Cl.ClH3Si/c1-2-3-4-5;1-2/h2H,1,3-4H2;2H3. The van der Waals surface area contributed by atoms with Crippen LogP contribution in [-0.2, 0) is 0 Å². The zero-order valence-electron chi connectivity index (χ0n) is 4.45. The number of halogens is 2. The first kappa shape index (κ1) is 10.5. The van der Waals surface area contributed by atoms with Crippen LogP contribution in [0.15, 0.2) is 12.7 Å². The lowest BCUT2D eigenvalue weighted by molar-refractivity contribution is 1.24.